The number of nitrogens with zero attached hydrogens (tertiary/aromatic N) is 5. The number of aromatic nitrogens is 4. The van der Waals surface area contributed by atoms with Crippen molar-refractivity contribution in [3.63, 3.8) is 0 Å². The summed E-state index contributed by atoms with van der Waals surface area (Å²) in [5, 5.41) is 4.67. The molecule has 0 bridgehead atoms. The zero-order valence-electron chi connectivity index (χ0n) is 14.6. The van der Waals surface area contributed by atoms with Crippen LogP contribution in [0.4, 0.5) is 5.13 Å². The lowest BCUT2D eigenvalue weighted by Gasteiger charge is -2.20. The number of anilines is 1. The van der Waals surface area contributed by atoms with Crippen molar-refractivity contribution in [2.24, 2.45) is 0 Å². The van der Waals surface area contributed by atoms with Crippen molar-refractivity contribution in [2.75, 3.05) is 12.0 Å². The summed E-state index contributed by atoms with van der Waals surface area (Å²) >= 11 is 1.46. The number of thiazole rings is 1. The molecule has 7 nitrogen and oxygen atoms in total. The highest BCUT2D eigenvalue weighted by Gasteiger charge is 2.21. The van der Waals surface area contributed by atoms with Gasteiger partial charge in [-0.15, -0.1) is 0 Å². The van der Waals surface area contributed by atoms with Crippen molar-refractivity contribution in [1.82, 2.24) is 19.7 Å². The van der Waals surface area contributed by atoms with Crippen LogP contribution < -0.4 is 9.64 Å². The minimum Gasteiger partial charge on any atom is -0.497 e. The number of hydrogen-bond donors (Lipinski definition) is 0. The number of amides is 1. The fourth-order valence-corrected chi connectivity index (χ4v) is 3.71. The van der Waals surface area contributed by atoms with Crippen molar-refractivity contribution in [1.29, 1.82) is 0 Å². The van der Waals surface area contributed by atoms with E-state index in [4.69, 9.17) is 4.74 Å². The second-order valence-corrected chi connectivity index (χ2v) is 6.90. The average Bonchev–Trinajstić information content (AvgIpc) is 3.35. The van der Waals surface area contributed by atoms with E-state index in [0.29, 0.717) is 11.7 Å². The number of hydrogen-bond acceptors (Lipinski definition) is 6. The molecule has 0 aliphatic rings. The summed E-state index contributed by atoms with van der Waals surface area (Å²) in [5.74, 6) is 0.664. The second kappa shape index (κ2) is 7.55. The quantitative estimate of drug-likeness (QED) is 0.515. The first-order valence-electron chi connectivity index (χ1n) is 8.34. The molecular formula is C19H17N5O2S. The van der Waals surface area contributed by atoms with E-state index in [1.54, 1.807) is 12.0 Å². The molecule has 0 unspecified atom stereocenters. The Balaban J connectivity index is 1.69. The number of fused-ring (bicyclic) bond motifs is 1. The Hall–Kier alpha value is -3.26. The SMILES string of the molecule is COc1ccc2nc(N(Cc3ccccc3)C(=O)Cn3cncn3)sc2c1. The molecule has 0 N–H and O–H groups in total. The highest BCUT2D eigenvalue weighted by molar-refractivity contribution is 7.22. The maximum absolute atomic E-state index is 13.0. The van der Waals surface area contributed by atoms with Gasteiger partial charge < -0.3 is 4.74 Å². The third kappa shape index (κ3) is 3.80. The molecule has 0 radical (unpaired) electrons. The molecule has 4 aromatic rings. The summed E-state index contributed by atoms with van der Waals surface area (Å²) in [7, 11) is 1.63. The average molecular weight is 379 g/mol. The lowest BCUT2D eigenvalue weighted by atomic mass is 10.2. The van der Waals surface area contributed by atoms with E-state index in [1.807, 2.05) is 48.5 Å². The summed E-state index contributed by atoms with van der Waals surface area (Å²) in [6, 6.07) is 15.5. The van der Waals surface area contributed by atoms with E-state index >= 15 is 0 Å². The van der Waals surface area contributed by atoms with Crippen LogP contribution in [0.5, 0.6) is 5.75 Å². The van der Waals surface area contributed by atoms with Crippen LogP contribution in [0.3, 0.4) is 0 Å². The highest BCUT2D eigenvalue weighted by Crippen LogP contribution is 2.32. The molecule has 2 aromatic heterocycles. The van der Waals surface area contributed by atoms with E-state index < -0.39 is 0 Å². The first-order chi connectivity index (χ1) is 13.2. The highest BCUT2D eigenvalue weighted by atomic mass is 32.1. The molecule has 27 heavy (non-hydrogen) atoms. The minimum absolute atomic E-state index is 0.102. The zero-order chi connectivity index (χ0) is 18.6. The van der Waals surface area contributed by atoms with Gasteiger partial charge in [0.25, 0.3) is 5.91 Å². The minimum atomic E-state index is -0.102. The molecular weight excluding hydrogens is 362 g/mol. The third-order valence-electron chi connectivity index (χ3n) is 4.06. The Labute approximate surface area is 159 Å². The van der Waals surface area contributed by atoms with Gasteiger partial charge in [0.05, 0.1) is 23.9 Å². The molecule has 4 rings (SSSR count). The molecule has 0 saturated heterocycles. The Morgan fingerprint density at radius 2 is 2.07 bits per heavy atom. The van der Waals surface area contributed by atoms with Crippen LogP contribution in [0.1, 0.15) is 5.56 Å². The molecule has 1 amide bonds. The Bertz CT molecular complexity index is 1050. The molecule has 136 valence electrons. The van der Waals surface area contributed by atoms with E-state index in [9.17, 15) is 4.79 Å². The summed E-state index contributed by atoms with van der Waals surface area (Å²) in [6.45, 7) is 0.539. The molecule has 0 aliphatic heterocycles. The summed E-state index contributed by atoms with van der Waals surface area (Å²) in [6.07, 6.45) is 2.95. The van der Waals surface area contributed by atoms with E-state index in [2.05, 4.69) is 15.1 Å². The van der Waals surface area contributed by atoms with Crippen LogP contribution in [0, 0.1) is 0 Å². The van der Waals surface area contributed by atoms with Crippen molar-refractivity contribution in [2.45, 2.75) is 13.1 Å². The van der Waals surface area contributed by atoms with Gasteiger partial charge in [-0.25, -0.2) is 14.6 Å². The topological polar surface area (TPSA) is 73.1 Å². The van der Waals surface area contributed by atoms with Gasteiger partial charge in [0.1, 0.15) is 24.9 Å². The van der Waals surface area contributed by atoms with Crippen LogP contribution in [0.2, 0.25) is 0 Å². The van der Waals surface area contributed by atoms with Gasteiger partial charge in [0, 0.05) is 0 Å². The van der Waals surface area contributed by atoms with E-state index in [-0.39, 0.29) is 12.5 Å². The standard InChI is InChI=1S/C19H17N5O2S/c1-26-15-7-8-16-17(9-15)27-19(22-16)24(10-14-5-3-2-4-6-14)18(25)11-23-13-20-12-21-23/h2-9,12-13H,10-11H2,1H3. The van der Waals surface area contributed by atoms with Gasteiger partial charge in [0.2, 0.25) is 0 Å². The molecule has 0 aliphatic carbocycles. The smallest absolute Gasteiger partial charge is 0.250 e. The molecule has 0 saturated carbocycles. The van der Waals surface area contributed by atoms with Gasteiger partial charge in [-0.2, -0.15) is 5.10 Å². The largest absolute Gasteiger partial charge is 0.497 e. The lowest BCUT2D eigenvalue weighted by Crippen LogP contribution is -2.33. The first-order valence-corrected chi connectivity index (χ1v) is 9.16. The molecule has 0 spiro atoms. The van der Waals surface area contributed by atoms with Gasteiger partial charge in [-0.05, 0) is 23.8 Å². The maximum Gasteiger partial charge on any atom is 0.250 e. The van der Waals surface area contributed by atoms with Crippen LogP contribution >= 0.6 is 11.3 Å². The van der Waals surface area contributed by atoms with Crippen molar-refractivity contribution in [3.05, 3.63) is 66.7 Å². The molecule has 0 atom stereocenters. The Kier molecular flexibility index (Phi) is 4.80. The third-order valence-corrected chi connectivity index (χ3v) is 5.10. The van der Waals surface area contributed by atoms with Crippen molar-refractivity contribution >= 4 is 32.6 Å². The van der Waals surface area contributed by atoms with Gasteiger partial charge in [0.15, 0.2) is 5.13 Å². The normalized spacial score (nSPS) is 10.9. The first kappa shape index (κ1) is 17.2. The monoisotopic (exact) mass is 379 g/mol. The van der Waals surface area contributed by atoms with Gasteiger partial charge >= 0.3 is 0 Å². The second-order valence-electron chi connectivity index (χ2n) is 5.89. The van der Waals surface area contributed by atoms with Crippen LogP contribution in [-0.2, 0) is 17.9 Å². The zero-order valence-corrected chi connectivity index (χ0v) is 15.5. The fourth-order valence-electron chi connectivity index (χ4n) is 2.70. The van der Waals surface area contributed by atoms with E-state index in [0.717, 1.165) is 21.5 Å². The predicted octanol–water partition coefficient (Wildman–Crippen LogP) is 3.13. The van der Waals surface area contributed by atoms with Crippen LogP contribution in [0.25, 0.3) is 10.2 Å². The number of benzene rings is 2. The van der Waals surface area contributed by atoms with Crippen molar-refractivity contribution < 1.29 is 9.53 Å². The Morgan fingerprint density at radius 1 is 1.22 bits per heavy atom. The number of methoxy groups -OCH3 is 1. The number of carbonyl (C=O) groups excluding carboxylic acids is 1. The summed E-state index contributed by atoms with van der Waals surface area (Å²) in [5.41, 5.74) is 1.86. The summed E-state index contributed by atoms with van der Waals surface area (Å²) in [4.78, 5) is 23.2. The van der Waals surface area contributed by atoms with Gasteiger partial charge in [-0.1, -0.05) is 41.7 Å². The number of carbonyl (C=O) groups is 1. The molecule has 2 aromatic carbocycles. The molecule has 0 fully saturated rings. The predicted molar refractivity (Wildman–Crippen MR) is 104 cm³/mol. The van der Waals surface area contributed by atoms with Crippen LogP contribution in [-0.4, -0.2) is 32.8 Å². The molecule has 8 heteroatoms. The van der Waals surface area contributed by atoms with Crippen LogP contribution in [0.15, 0.2) is 61.2 Å². The number of ether oxygens (including phenoxy) is 1. The molecule has 2 heterocycles. The Morgan fingerprint density at radius 3 is 2.81 bits per heavy atom. The maximum atomic E-state index is 13.0. The lowest BCUT2D eigenvalue weighted by molar-refractivity contribution is -0.119. The van der Waals surface area contributed by atoms with Crippen molar-refractivity contribution in [3.8, 4) is 5.75 Å². The number of rotatable bonds is 6. The van der Waals surface area contributed by atoms with Gasteiger partial charge in [-0.3, -0.25) is 9.69 Å². The van der Waals surface area contributed by atoms with E-state index in [1.165, 1.54) is 28.7 Å². The summed E-state index contributed by atoms with van der Waals surface area (Å²) < 4.78 is 7.76. The fraction of sp³-hybridized carbons (Fsp3) is 0.158.